The number of benzene rings is 1. The lowest BCUT2D eigenvalue weighted by molar-refractivity contribution is -0.0138. The highest BCUT2D eigenvalue weighted by atomic mass is 16.6. The van der Waals surface area contributed by atoms with Crippen molar-refractivity contribution in [1.82, 2.24) is 0 Å². The van der Waals surface area contributed by atoms with Gasteiger partial charge in [-0.25, -0.2) is 4.79 Å². The van der Waals surface area contributed by atoms with E-state index in [9.17, 15) is 9.90 Å². The van der Waals surface area contributed by atoms with Gasteiger partial charge in [-0.15, -0.1) is 0 Å². The van der Waals surface area contributed by atoms with Crippen LogP contribution in [0.5, 0.6) is 0 Å². The second-order valence-corrected chi connectivity index (χ2v) is 4.89. The van der Waals surface area contributed by atoms with Crippen LogP contribution < -0.4 is 0 Å². The molecule has 1 aromatic rings. The Morgan fingerprint density at radius 3 is 2.50 bits per heavy atom. The van der Waals surface area contributed by atoms with E-state index in [0.29, 0.717) is 11.5 Å². The molecule has 98 valence electrons. The Labute approximate surface area is 108 Å². The van der Waals surface area contributed by atoms with E-state index in [2.05, 4.69) is 0 Å². The summed E-state index contributed by atoms with van der Waals surface area (Å²) in [5.74, 6) is -0.0170. The second kappa shape index (κ2) is 6.55. The highest BCUT2D eigenvalue weighted by Gasteiger charge is 2.26. The SMILES string of the molecule is O=C(O[C@H](CO)C1CCCCC1)c1ccccc1. The third kappa shape index (κ3) is 3.33. The molecule has 3 heteroatoms. The van der Waals surface area contributed by atoms with Gasteiger partial charge in [-0.3, -0.25) is 0 Å². The van der Waals surface area contributed by atoms with Crippen LogP contribution >= 0.6 is 0 Å². The van der Waals surface area contributed by atoms with E-state index in [1.807, 2.05) is 18.2 Å². The average molecular weight is 248 g/mol. The van der Waals surface area contributed by atoms with Gasteiger partial charge in [0.25, 0.3) is 0 Å². The molecule has 0 heterocycles. The largest absolute Gasteiger partial charge is 0.456 e. The van der Waals surface area contributed by atoms with Crippen LogP contribution in [0, 0.1) is 5.92 Å². The summed E-state index contributed by atoms with van der Waals surface area (Å²) < 4.78 is 5.44. The molecule has 0 amide bonds. The van der Waals surface area contributed by atoms with Gasteiger partial charge in [0.2, 0.25) is 0 Å². The number of hydrogen-bond donors (Lipinski definition) is 1. The van der Waals surface area contributed by atoms with Gasteiger partial charge in [0.15, 0.2) is 0 Å². The molecule has 0 saturated heterocycles. The van der Waals surface area contributed by atoms with Crippen molar-refractivity contribution in [2.24, 2.45) is 5.92 Å². The summed E-state index contributed by atoms with van der Waals surface area (Å²) in [6, 6.07) is 8.95. The molecule has 1 saturated carbocycles. The Morgan fingerprint density at radius 1 is 1.22 bits per heavy atom. The number of carbonyl (C=O) groups excluding carboxylic acids is 1. The molecule has 1 aliphatic rings. The Kier molecular flexibility index (Phi) is 4.76. The lowest BCUT2D eigenvalue weighted by Gasteiger charge is -2.28. The number of rotatable bonds is 4. The van der Waals surface area contributed by atoms with Crippen LogP contribution in [0.3, 0.4) is 0 Å². The zero-order valence-corrected chi connectivity index (χ0v) is 10.5. The minimum atomic E-state index is -0.349. The number of ether oxygens (including phenoxy) is 1. The van der Waals surface area contributed by atoms with Crippen molar-refractivity contribution in [2.45, 2.75) is 38.2 Å². The summed E-state index contributed by atoms with van der Waals surface area (Å²) in [6.07, 6.45) is 5.34. The smallest absolute Gasteiger partial charge is 0.338 e. The van der Waals surface area contributed by atoms with Gasteiger partial charge in [0, 0.05) is 0 Å². The predicted molar refractivity (Wildman–Crippen MR) is 69.3 cm³/mol. The monoisotopic (exact) mass is 248 g/mol. The minimum absolute atomic E-state index is 0.0801. The first-order valence-electron chi connectivity index (χ1n) is 6.68. The van der Waals surface area contributed by atoms with E-state index in [-0.39, 0.29) is 18.7 Å². The van der Waals surface area contributed by atoms with Gasteiger partial charge < -0.3 is 9.84 Å². The summed E-state index contributed by atoms with van der Waals surface area (Å²) in [5.41, 5.74) is 0.548. The Balaban J connectivity index is 1.95. The third-order valence-electron chi connectivity index (χ3n) is 3.62. The highest BCUT2D eigenvalue weighted by molar-refractivity contribution is 5.89. The first-order valence-corrected chi connectivity index (χ1v) is 6.68. The van der Waals surface area contributed by atoms with E-state index >= 15 is 0 Å². The van der Waals surface area contributed by atoms with Gasteiger partial charge in [-0.05, 0) is 30.9 Å². The van der Waals surface area contributed by atoms with E-state index in [0.717, 1.165) is 12.8 Å². The van der Waals surface area contributed by atoms with E-state index in [4.69, 9.17) is 4.74 Å². The lowest BCUT2D eigenvalue weighted by Crippen LogP contribution is -2.31. The van der Waals surface area contributed by atoms with Crippen LogP contribution in [0.4, 0.5) is 0 Å². The molecule has 1 aliphatic carbocycles. The van der Waals surface area contributed by atoms with Crippen LogP contribution in [-0.2, 0) is 4.74 Å². The fraction of sp³-hybridized carbons (Fsp3) is 0.533. The first kappa shape index (κ1) is 13.1. The molecule has 1 fully saturated rings. The molecule has 18 heavy (non-hydrogen) atoms. The molecule has 0 bridgehead atoms. The molecule has 0 aromatic heterocycles. The number of carbonyl (C=O) groups is 1. The summed E-state index contributed by atoms with van der Waals surface area (Å²) in [5, 5.41) is 9.40. The third-order valence-corrected chi connectivity index (χ3v) is 3.62. The zero-order valence-electron chi connectivity index (χ0n) is 10.5. The summed E-state index contributed by atoms with van der Waals surface area (Å²) in [7, 11) is 0. The zero-order chi connectivity index (χ0) is 12.8. The molecule has 0 radical (unpaired) electrons. The first-order chi connectivity index (χ1) is 8.81. The van der Waals surface area contributed by atoms with Gasteiger partial charge in [0.05, 0.1) is 12.2 Å². The maximum atomic E-state index is 11.9. The maximum absolute atomic E-state index is 11.9. The van der Waals surface area contributed by atoms with Crippen molar-refractivity contribution in [2.75, 3.05) is 6.61 Å². The summed E-state index contributed by atoms with van der Waals surface area (Å²) in [6.45, 7) is -0.0801. The molecule has 1 atom stereocenters. The van der Waals surface area contributed by atoms with Crippen LogP contribution in [0.15, 0.2) is 30.3 Å². The standard InChI is InChI=1S/C15H20O3/c16-11-14(12-7-3-1-4-8-12)18-15(17)13-9-5-2-6-10-13/h2,5-6,9-10,12,14,16H,1,3-4,7-8,11H2/t14-/m1/s1. The molecule has 0 spiro atoms. The normalized spacial score (nSPS) is 18.3. The second-order valence-electron chi connectivity index (χ2n) is 4.89. The Bertz CT molecular complexity index is 369. The molecule has 0 unspecified atom stereocenters. The highest BCUT2D eigenvalue weighted by Crippen LogP contribution is 2.28. The summed E-state index contributed by atoms with van der Waals surface area (Å²) >= 11 is 0. The van der Waals surface area contributed by atoms with Crippen molar-refractivity contribution in [1.29, 1.82) is 0 Å². The van der Waals surface area contributed by atoms with Crippen molar-refractivity contribution in [3.8, 4) is 0 Å². The Morgan fingerprint density at radius 2 is 1.89 bits per heavy atom. The van der Waals surface area contributed by atoms with Crippen molar-refractivity contribution < 1.29 is 14.6 Å². The molecular weight excluding hydrogens is 228 g/mol. The predicted octanol–water partition coefficient (Wildman–Crippen LogP) is 2.78. The number of hydrogen-bond acceptors (Lipinski definition) is 3. The molecular formula is C15H20O3. The quantitative estimate of drug-likeness (QED) is 0.833. The van der Waals surface area contributed by atoms with Gasteiger partial charge in [0.1, 0.15) is 6.10 Å². The number of aliphatic hydroxyl groups excluding tert-OH is 1. The van der Waals surface area contributed by atoms with E-state index in [1.54, 1.807) is 12.1 Å². The Hall–Kier alpha value is -1.35. The molecule has 1 N–H and O–H groups in total. The molecule has 3 nitrogen and oxygen atoms in total. The minimum Gasteiger partial charge on any atom is -0.456 e. The van der Waals surface area contributed by atoms with Crippen molar-refractivity contribution >= 4 is 5.97 Å². The number of aliphatic hydroxyl groups is 1. The van der Waals surface area contributed by atoms with E-state index in [1.165, 1.54) is 19.3 Å². The van der Waals surface area contributed by atoms with Gasteiger partial charge >= 0.3 is 5.97 Å². The van der Waals surface area contributed by atoms with E-state index < -0.39 is 0 Å². The molecule has 0 aliphatic heterocycles. The van der Waals surface area contributed by atoms with Crippen LogP contribution in [0.1, 0.15) is 42.5 Å². The summed E-state index contributed by atoms with van der Waals surface area (Å²) in [4.78, 5) is 11.9. The molecule has 2 rings (SSSR count). The number of esters is 1. The average Bonchev–Trinajstić information content (AvgIpc) is 2.46. The van der Waals surface area contributed by atoms with Crippen molar-refractivity contribution in [3.05, 3.63) is 35.9 Å². The fourth-order valence-corrected chi connectivity index (χ4v) is 2.57. The van der Waals surface area contributed by atoms with Gasteiger partial charge in [-0.2, -0.15) is 0 Å². The maximum Gasteiger partial charge on any atom is 0.338 e. The van der Waals surface area contributed by atoms with Gasteiger partial charge in [-0.1, -0.05) is 37.5 Å². The van der Waals surface area contributed by atoms with Crippen LogP contribution in [-0.4, -0.2) is 23.8 Å². The van der Waals surface area contributed by atoms with Crippen LogP contribution in [0.25, 0.3) is 0 Å². The topological polar surface area (TPSA) is 46.5 Å². The van der Waals surface area contributed by atoms with Crippen LogP contribution in [0.2, 0.25) is 0 Å². The fourth-order valence-electron chi connectivity index (χ4n) is 2.57. The van der Waals surface area contributed by atoms with Crippen molar-refractivity contribution in [3.63, 3.8) is 0 Å². The lowest BCUT2D eigenvalue weighted by atomic mass is 9.85. The molecule has 1 aromatic carbocycles.